The van der Waals surface area contributed by atoms with E-state index in [0.717, 1.165) is 43.6 Å². The van der Waals surface area contributed by atoms with Crippen molar-refractivity contribution in [3.63, 3.8) is 0 Å². The molecule has 3 aromatic rings. The van der Waals surface area contributed by atoms with Gasteiger partial charge in [-0.1, -0.05) is 31.2 Å². The molecule has 2 aromatic carbocycles. The molecule has 1 aliphatic heterocycles. The van der Waals surface area contributed by atoms with Crippen LogP contribution < -0.4 is 0 Å². The normalized spacial score (nSPS) is 16.6. The molecule has 4 rings (SSSR count). The second-order valence-corrected chi connectivity index (χ2v) is 9.31. The van der Waals surface area contributed by atoms with Crippen LogP contribution in [-0.4, -0.2) is 47.9 Å². The Bertz CT molecular complexity index is 953. The van der Waals surface area contributed by atoms with Gasteiger partial charge >= 0.3 is 0 Å². The Kier molecular flexibility index (Phi) is 5.21. The molecule has 1 saturated heterocycles. The van der Waals surface area contributed by atoms with Crippen LogP contribution in [-0.2, 0) is 12.0 Å². The van der Waals surface area contributed by atoms with E-state index < -0.39 is 0 Å². The number of aromatic nitrogens is 1. The molecule has 5 heteroatoms. The summed E-state index contributed by atoms with van der Waals surface area (Å²) < 4.78 is 1.25. The number of nitrogens with zero attached hydrogens (tertiary/aromatic N) is 3. The van der Waals surface area contributed by atoms with E-state index in [4.69, 9.17) is 4.98 Å². The number of thiazole rings is 1. The molecule has 146 valence electrons. The fourth-order valence-electron chi connectivity index (χ4n) is 3.90. The first-order valence-corrected chi connectivity index (χ1v) is 10.7. The highest BCUT2D eigenvalue weighted by molar-refractivity contribution is 7.18. The minimum Gasteiger partial charge on any atom is -0.339 e. The first-order valence-electron chi connectivity index (χ1n) is 9.84. The summed E-state index contributed by atoms with van der Waals surface area (Å²) in [5, 5.41) is 1.20. The SMILES string of the molecule is CN(C)Cc1cccc(C(=O)N2CCC(C)(c3nc4ccccc4s3)CC2)c1. The van der Waals surface area contributed by atoms with E-state index >= 15 is 0 Å². The summed E-state index contributed by atoms with van der Waals surface area (Å²) in [7, 11) is 4.09. The smallest absolute Gasteiger partial charge is 0.253 e. The molecule has 0 atom stereocenters. The van der Waals surface area contributed by atoms with Crippen LogP contribution in [0.25, 0.3) is 10.2 Å². The Labute approximate surface area is 170 Å². The summed E-state index contributed by atoms with van der Waals surface area (Å²) in [6.07, 6.45) is 1.91. The van der Waals surface area contributed by atoms with Gasteiger partial charge < -0.3 is 9.80 Å². The molecular weight excluding hydrogens is 366 g/mol. The molecule has 0 bridgehead atoms. The molecule has 1 amide bonds. The van der Waals surface area contributed by atoms with Gasteiger partial charge in [-0.3, -0.25) is 4.79 Å². The summed E-state index contributed by atoms with van der Waals surface area (Å²) in [5.74, 6) is 0.145. The van der Waals surface area contributed by atoms with Gasteiger partial charge in [0, 0.05) is 30.6 Å². The Morgan fingerprint density at radius 1 is 1.14 bits per heavy atom. The molecule has 1 aliphatic rings. The highest BCUT2D eigenvalue weighted by atomic mass is 32.1. The van der Waals surface area contributed by atoms with Crippen molar-refractivity contribution in [3.8, 4) is 0 Å². The molecule has 1 aromatic heterocycles. The van der Waals surface area contributed by atoms with Crippen molar-refractivity contribution in [3.05, 3.63) is 64.7 Å². The van der Waals surface area contributed by atoms with Crippen LogP contribution in [0.2, 0.25) is 0 Å². The number of fused-ring (bicyclic) bond motifs is 1. The molecule has 1 fully saturated rings. The van der Waals surface area contributed by atoms with Crippen LogP contribution in [0, 0.1) is 0 Å². The van der Waals surface area contributed by atoms with Crippen LogP contribution in [0.5, 0.6) is 0 Å². The van der Waals surface area contributed by atoms with Gasteiger partial charge in [0.05, 0.1) is 15.2 Å². The van der Waals surface area contributed by atoms with Gasteiger partial charge in [0.15, 0.2) is 0 Å². The molecule has 2 heterocycles. The molecule has 0 unspecified atom stereocenters. The number of amides is 1. The van der Waals surface area contributed by atoms with Crippen molar-refractivity contribution >= 4 is 27.5 Å². The minimum atomic E-state index is 0.0488. The Balaban J connectivity index is 1.46. The lowest BCUT2D eigenvalue weighted by molar-refractivity contribution is 0.0676. The maximum absolute atomic E-state index is 13.0. The van der Waals surface area contributed by atoms with Crippen LogP contribution >= 0.6 is 11.3 Å². The highest BCUT2D eigenvalue weighted by Gasteiger charge is 2.36. The van der Waals surface area contributed by atoms with Gasteiger partial charge in [0.1, 0.15) is 0 Å². The standard InChI is InChI=1S/C23H27N3OS/c1-23(22-24-19-9-4-5-10-20(19)28-22)11-13-26(14-12-23)21(27)18-8-6-7-17(15-18)16-25(2)3/h4-10,15H,11-14,16H2,1-3H3. The summed E-state index contributed by atoms with van der Waals surface area (Å²) in [5.41, 5.74) is 3.10. The van der Waals surface area contributed by atoms with Gasteiger partial charge in [-0.15, -0.1) is 11.3 Å². The van der Waals surface area contributed by atoms with Crippen molar-refractivity contribution in [2.75, 3.05) is 27.2 Å². The summed E-state index contributed by atoms with van der Waals surface area (Å²) >= 11 is 1.80. The van der Waals surface area contributed by atoms with Crippen LogP contribution in [0.3, 0.4) is 0 Å². The molecule has 28 heavy (non-hydrogen) atoms. The fourth-order valence-corrected chi connectivity index (χ4v) is 5.07. The summed E-state index contributed by atoms with van der Waals surface area (Å²) in [6.45, 7) is 4.70. The second-order valence-electron chi connectivity index (χ2n) is 8.28. The van der Waals surface area contributed by atoms with E-state index in [9.17, 15) is 4.79 Å². The van der Waals surface area contributed by atoms with Crippen molar-refractivity contribution in [1.82, 2.24) is 14.8 Å². The average Bonchev–Trinajstić information content (AvgIpc) is 3.13. The number of para-hydroxylation sites is 1. The Morgan fingerprint density at radius 2 is 1.89 bits per heavy atom. The molecule has 0 spiro atoms. The molecule has 0 N–H and O–H groups in total. The van der Waals surface area contributed by atoms with Gasteiger partial charge in [-0.2, -0.15) is 0 Å². The Morgan fingerprint density at radius 3 is 2.61 bits per heavy atom. The topological polar surface area (TPSA) is 36.4 Å². The first kappa shape index (κ1) is 19.1. The highest BCUT2D eigenvalue weighted by Crippen LogP contribution is 2.39. The van der Waals surface area contributed by atoms with Crippen molar-refractivity contribution in [2.24, 2.45) is 0 Å². The molecular formula is C23H27N3OS. The lowest BCUT2D eigenvalue weighted by Crippen LogP contribution is -2.43. The summed E-state index contributed by atoms with van der Waals surface area (Å²) in [6, 6.07) is 16.4. The predicted molar refractivity (Wildman–Crippen MR) is 116 cm³/mol. The van der Waals surface area contributed by atoms with Crippen LogP contribution in [0.1, 0.15) is 40.7 Å². The number of carbonyl (C=O) groups excluding carboxylic acids is 1. The van der Waals surface area contributed by atoms with Gasteiger partial charge in [-0.05, 0) is 56.8 Å². The largest absolute Gasteiger partial charge is 0.339 e. The first-order chi connectivity index (χ1) is 13.4. The average molecular weight is 394 g/mol. The third-order valence-corrected chi connectivity index (χ3v) is 6.98. The van der Waals surface area contributed by atoms with Gasteiger partial charge in [0.2, 0.25) is 0 Å². The minimum absolute atomic E-state index is 0.0488. The lowest BCUT2D eigenvalue weighted by Gasteiger charge is -2.38. The number of benzene rings is 2. The van der Waals surface area contributed by atoms with Crippen molar-refractivity contribution in [2.45, 2.75) is 31.7 Å². The van der Waals surface area contributed by atoms with Crippen molar-refractivity contribution < 1.29 is 4.79 Å². The number of hydrogen-bond donors (Lipinski definition) is 0. The molecule has 0 aliphatic carbocycles. The predicted octanol–water partition coefficient (Wildman–Crippen LogP) is 4.55. The van der Waals surface area contributed by atoms with Gasteiger partial charge in [0.25, 0.3) is 5.91 Å². The monoisotopic (exact) mass is 393 g/mol. The molecule has 4 nitrogen and oxygen atoms in total. The van der Waals surface area contributed by atoms with E-state index in [1.165, 1.54) is 15.3 Å². The zero-order valence-corrected chi connectivity index (χ0v) is 17.6. The van der Waals surface area contributed by atoms with E-state index in [0.29, 0.717) is 0 Å². The van der Waals surface area contributed by atoms with Crippen LogP contribution in [0.4, 0.5) is 0 Å². The van der Waals surface area contributed by atoms with E-state index in [1.54, 1.807) is 11.3 Å². The van der Waals surface area contributed by atoms with Gasteiger partial charge in [-0.25, -0.2) is 4.98 Å². The third kappa shape index (κ3) is 3.82. The molecule has 0 saturated carbocycles. The second kappa shape index (κ2) is 7.64. The Hall–Kier alpha value is -2.24. The van der Waals surface area contributed by atoms with Crippen molar-refractivity contribution in [1.29, 1.82) is 0 Å². The number of rotatable bonds is 4. The maximum Gasteiger partial charge on any atom is 0.253 e. The number of likely N-dealkylation sites (tertiary alicyclic amines) is 1. The lowest BCUT2D eigenvalue weighted by atomic mass is 9.81. The number of carbonyl (C=O) groups is 1. The molecule has 0 radical (unpaired) electrons. The zero-order chi connectivity index (χ0) is 19.7. The summed E-state index contributed by atoms with van der Waals surface area (Å²) in [4.78, 5) is 22.0. The fraction of sp³-hybridized carbons (Fsp3) is 0.391. The number of piperidine rings is 1. The third-order valence-electron chi connectivity index (χ3n) is 5.64. The maximum atomic E-state index is 13.0. The van der Waals surface area contributed by atoms with E-state index in [2.05, 4.69) is 36.1 Å². The number of hydrogen-bond acceptors (Lipinski definition) is 4. The van der Waals surface area contributed by atoms with E-state index in [1.807, 2.05) is 43.3 Å². The zero-order valence-electron chi connectivity index (χ0n) is 16.8. The quantitative estimate of drug-likeness (QED) is 0.652. The van der Waals surface area contributed by atoms with E-state index in [-0.39, 0.29) is 11.3 Å². The van der Waals surface area contributed by atoms with Crippen LogP contribution in [0.15, 0.2) is 48.5 Å².